The standard InChI is InChI=1S/C16H15N3OS/c1-21-13-6-4-5-12(9-13)18-16(20)10-19-11-17-14-7-2-3-8-15(14)19/h2-9,11H,10H2,1H3,(H,18,20). The zero-order chi connectivity index (χ0) is 14.7. The van der Waals surface area contributed by atoms with Crippen molar-refractivity contribution in [1.82, 2.24) is 9.55 Å². The van der Waals surface area contributed by atoms with Crippen LogP contribution in [-0.2, 0) is 11.3 Å². The fourth-order valence-electron chi connectivity index (χ4n) is 2.19. The number of fused-ring (bicyclic) bond motifs is 1. The average Bonchev–Trinajstić information content (AvgIpc) is 2.91. The van der Waals surface area contributed by atoms with Crippen molar-refractivity contribution in [3.05, 3.63) is 54.9 Å². The molecule has 4 nitrogen and oxygen atoms in total. The minimum atomic E-state index is -0.0589. The summed E-state index contributed by atoms with van der Waals surface area (Å²) < 4.78 is 1.85. The maximum absolute atomic E-state index is 12.2. The second-order valence-corrected chi connectivity index (χ2v) is 5.52. The Hall–Kier alpha value is -2.27. The molecule has 1 heterocycles. The van der Waals surface area contributed by atoms with E-state index in [9.17, 15) is 4.79 Å². The van der Waals surface area contributed by atoms with Gasteiger partial charge in [0.2, 0.25) is 5.91 Å². The van der Waals surface area contributed by atoms with Crippen molar-refractivity contribution in [2.24, 2.45) is 0 Å². The van der Waals surface area contributed by atoms with E-state index in [1.165, 1.54) is 0 Å². The third-order valence-electron chi connectivity index (χ3n) is 3.19. The Balaban J connectivity index is 1.74. The van der Waals surface area contributed by atoms with Crippen LogP contribution in [0.4, 0.5) is 5.69 Å². The minimum absolute atomic E-state index is 0.0589. The van der Waals surface area contributed by atoms with E-state index in [0.29, 0.717) is 0 Å². The molecule has 0 saturated heterocycles. The van der Waals surface area contributed by atoms with Crippen molar-refractivity contribution in [3.8, 4) is 0 Å². The van der Waals surface area contributed by atoms with Gasteiger partial charge in [-0.05, 0) is 36.6 Å². The highest BCUT2D eigenvalue weighted by molar-refractivity contribution is 7.98. The number of anilines is 1. The number of benzene rings is 2. The van der Waals surface area contributed by atoms with Crippen molar-refractivity contribution < 1.29 is 4.79 Å². The second-order valence-electron chi connectivity index (χ2n) is 4.64. The Morgan fingerprint density at radius 2 is 2.10 bits per heavy atom. The molecule has 0 aliphatic carbocycles. The van der Waals surface area contributed by atoms with Crippen molar-refractivity contribution in [3.63, 3.8) is 0 Å². The van der Waals surface area contributed by atoms with Crippen LogP contribution in [0, 0.1) is 0 Å². The van der Waals surface area contributed by atoms with Crippen molar-refractivity contribution in [1.29, 1.82) is 0 Å². The summed E-state index contributed by atoms with van der Waals surface area (Å²) in [6.45, 7) is 0.254. The lowest BCUT2D eigenvalue weighted by Crippen LogP contribution is -2.18. The number of carbonyl (C=O) groups excluding carboxylic acids is 1. The van der Waals surface area contributed by atoms with Crippen molar-refractivity contribution >= 4 is 34.4 Å². The van der Waals surface area contributed by atoms with E-state index in [4.69, 9.17) is 0 Å². The molecule has 106 valence electrons. The monoisotopic (exact) mass is 297 g/mol. The SMILES string of the molecule is CSc1cccc(NC(=O)Cn2cnc3ccccc32)c1. The largest absolute Gasteiger partial charge is 0.324 e. The molecular formula is C16H15N3OS. The third kappa shape index (κ3) is 3.08. The molecule has 0 unspecified atom stereocenters. The quantitative estimate of drug-likeness (QED) is 0.751. The topological polar surface area (TPSA) is 46.9 Å². The van der Waals surface area contributed by atoms with Gasteiger partial charge in [-0.1, -0.05) is 18.2 Å². The number of nitrogens with zero attached hydrogens (tertiary/aromatic N) is 2. The van der Waals surface area contributed by atoms with Gasteiger partial charge in [0.1, 0.15) is 6.54 Å². The number of nitrogens with one attached hydrogen (secondary N) is 1. The summed E-state index contributed by atoms with van der Waals surface area (Å²) in [6, 6.07) is 15.6. The van der Waals surface area contributed by atoms with Gasteiger partial charge in [0, 0.05) is 10.6 Å². The summed E-state index contributed by atoms with van der Waals surface area (Å²) in [5, 5.41) is 2.92. The number of imidazole rings is 1. The number of para-hydroxylation sites is 2. The van der Waals surface area contributed by atoms with E-state index in [1.54, 1.807) is 18.1 Å². The maximum atomic E-state index is 12.2. The normalized spacial score (nSPS) is 10.7. The predicted octanol–water partition coefficient (Wildman–Crippen LogP) is 3.40. The Labute approximate surface area is 127 Å². The van der Waals surface area contributed by atoms with Crippen molar-refractivity contribution in [2.45, 2.75) is 11.4 Å². The van der Waals surface area contributed by atoms with Crippen LogP contribution in [0.5, 0.6) is 0 Å². The van der Waals surface area contributed by atoms with Crippen LogP contribution < -0.4 is 5.32 Å². The maximum Gasteiger partial charge on any atom is 0.244 e. The Morgan fingerprint density at radius 3 is 2.95 bits per heavy atom. The molecule has 3 rings (SSSR count). The van der Waals surface area contributed by atoms with E-state index >= 15 is 0 Å². The molecule has 21 heavy (non-hydrogen) atoms. The van der Waals surface area contributed by atoms with Gasteiger partial charge < -0.3 is 9.88 Å². The molecule has 0 saturated carbocycles. The Morgan fingerprint density at radius 1 is 1.24 bits per heavy atom. The molecule has 5 heteroatoms. The summed E-state index contributed by atoms with van der Waals surface area (Å²) in [5.74, 6) is -0.0589. The second kappa shape index (κ2) is 6.01. The lowest BCUT2D eigenvalue weighted by molar-refractivity contribution is -0.116. The van der Waals surface area contributed by atoms with Crippen LogP contribution >= 0.6 is 11.8 Å². The molecule has 1 aromatic heterocycles. The average molecular weight is 297 g/mol. The van der Waals surface area contributed by atoms with E-state index in [1.807, 2.05) is 59.4 Å². The van der Waals surface area contributed by atoms with Crippen LogP contribution in [0.1, 0.15) is 0 Å². The van der Waals surface area contributed by atoms with Gasteiger partial charge >= 0.3 is 0 Å². The minimum Gasteiger partial charge on any atom is -0.324 e. The van der Waals surface area contributed by atoms with Crippen LogP contribution in [0.2, 0.25) is 0 Å². The lowest BCUT2D eigenvalue weighted by Gasteiger charge is -2.07. The highest BCUT2D eigenvalue weighted by Gasteiger charge is 2.07. The van der Waals surface area contributed by atoms with Gasteiger partial charge in [-0.3, -0.25) is 4.79 Å². The highest BCUT2D eigenvalue weighted by Crippen LogP contribution is 2.19. The van der Waals surface area contributed by atoms with Crippen molar-refractivity contribution in [2.75, 3.05) is 11.6 Å². The fourth-order valence-corrected chi connectivity index (χ4v) is 2.65. The van der Waals surface area contributed by atoms with E-state index in [0.717, 1.165) is 21.6 Å². The number of amides is 1. The van der Waals surface area contributed by atoms with Crippen LogP contribution in [-0.4, -0.2) is 21.7 Å². The molecule has 0 radical (unpaired) electrons. The molecule has 0 fully saturated rings. The summed E-state index contributed by atoms with van der Waals surface area (Å²) in [5.41, 5.74) is 2.68. The zero-order valence-electron chi connectivity index (χ0n) is 11.6. The van der Waals surface area contributed by atoms with E-state index < -0.39 is 0 Å². The number of rotatable bonds is 4. The number of hydrogen-bond acceptors (Lipinski definition) is 3. The molecule has 2 aromatic carbocycles. The fraction of sp³-hybridized carbons (Fsp3) is 0.125. The summed E-state index contributed by atoms with van der Waals surface area (Å²) in [7, 11) is 0. The molecule has 1 amide bonds. The van der Waals surface area contributed by atoms with Crippen LogP contribution in [0.25, 0.3) is 11.0 Å². The highest BCUT2D eigenvalue weighted by atomic mass is 32.2. The molecular weight excluding hydrogens is 282 g/mol. The van der Waals surface area contributed by atoms with Gasteiger partial charge in [0.25, 0.3) is 0 Å². The number of thioether (sulfide) groups is 1. The summed E-state index contributed by atoms with van der Waals surface area (Å²) in [4.78, 5) is 17.6. The molecule has 0 aliphatic heterocycles. The first-order valence-corrected chi connectivity index (χ1v) is 7.82. The van der Waals surface area contributed by atoms with Gasteiger partial charge in [0.15, 0.2) is 0 Å². The Bertz CT molecular complexity index is 782. The van der Waals surface area contributed by atoms with Crippen LogP contribution in [0.3, 0.4) is 0 Å². The predicted molar refractivity (Wildman–Crippen MR) is 86.6 cm³/mol. The van der Waals surface area contributed by atoms with Gasteiger partial charge in [-0.2, -0.15) is 0 Å². The lowest BCUT2D eigenvalue weighted by atomic mass is 10.3. The molecule has 0 bridgehead atoms. The first kappa shape index (κ1) is 13.7. The van der Waals surface area contributed by atoms with E-state index in [2.05, 4.69) is 10.3 Å². The third-order valence-corrected chi connectivity index (χ3v) is 3.92. The smallest absolute Gasteiger partial charge is 0.244 e. The number of hydrogen-bond donors (Lipinski definition) is 1. The number of aromatic nitrogens is 2. The van der Waals surface area contributed by atoms with Gasteiger partial charge in [-0.15, -0.1) is 11.8 Å². The molecule has 0 spiro atoms. The number of carbonyl (C=O) groups is 1. The molecule has 0 aliphatic rings. The first-order chi connectivity index (χ1) is 10.3. The summed E-state index contributed by atoms with van der Waals surface area (Å²) in [6.07, 6.45) is 3.71. The van der Waals surface area contributed by atoms with E-state index in [-0.39, 0.29) is 12.5 Å². The van der Waals surface area contributed by atoms with Gasteiger partial charge in [-0.25, -0.2) is 4.98 Å². The Kier molecular flexibility index (Phi) is 3.92. The molecule has 1 N–H and O–H groups in total. The zero-order valence-corrected chi connectivity index (χ0v) is 12.4. The molecule has 3 aromatic rings. The molecule has 0 atom stereocenters. The van der Waals surface area contributed by atoms with Gasteiger partial charge in [0.05, 0.1) is 17.4 Å². The summed E-state index contributed by atoms with van der Waals surface area (Å²) >= 11 is 1.65. The first-order valence-electron chi connectivity index (χ1n) is 6.60. The van der Waals surface area contributed by atoms with Crippen LogP contribution in [0.15, 0.2) is 59.8 Å².